The third-order valence-corrected chi connectivity index (χ3v) is 3.36. The fourth-order valence-corrected chi connectivity index (χ4v) is 2.04. The van der Waals surface area contributed by atoms with E-state index in [4.69, 9.17) is 0 Å². The lowest BCUT2D eigenvalue weighted by Crippen LogP contribution is -2.21. The summed E-state index contributed by atoms with van der Waals surface area (Å²) in [6, 6.07) is 7.96. The second-order valence-electron chi connectivity index (χ2n) is 5.19. The van der Waals surface area contributed by atoms with Crippen LogP contribution in [0.5, 0.6) is 0 Å². The van der Waals surface area contributed by atoms with E-state index in [1.807, 2.05) is 38.1 Å². The molecular weight excluding hydrogens is 240 g/mol. The molecule has 0 N–H and O–H groups in total. The molecular formula is C16H22O3. The Balaban J connectivity index is 2.53. The number of ether oxygens (including phenoxy) is 1. The Morgan fingerprint density at radius 3 is 2.21 bits per heavy atom. The monoisotopic (exact) mass is 262 g/mol. The van der Waals surface area contributed by atoms with Crippen LogP contribution in [0.4, 0.5) is 0 Å². The molecule has 0 heterocycles. The first kappa shape index (κ1) is 15.4. The minimum atomic E-state index is -0.255. The zero-order valence-corrected chi connectivity index (χ0v) is 12.1. The lowest BCUT2D eigenvalue weighted by molar-refractivity contribution is -0.145. The van der Waals surface area contributed by atoms with Crippen LogP contribution in [0.25, 0.3) is 0 Å². The third-order valence-electron chi connectivity index (χ3n) is 3.36. The van der Waals surface area contributed by atoms with E-state index in [1.165, 1.54) is 12.7 Å². The molecule has 3 nitrogen and oxygen atoms in total. The zero-order chi connectivity index (χ0) is 14.4. The summed E-state index contributed by atoms with van der Waals surface area (Å²) in [5.74, 6) is -0.452. The van der Waals surface area contributed by atoms with Crippen LogP contribution in [0.1, 0.15) is 31.4 Å². The summed E-state index contributed by atoms with van der Waals surface area (Å²) in [5, 5.41) is 0. The maximum Gasteiger partial charge on any atom is 0.308 e. The standard InChI is InChI=1S/C16H22O3/c1-11-5-7-14(8-6-11)10-15(17)12(2)9-13(3)16(18)19-4/h5-8,12-13H,9-10H2,1-4H3/t12-,13+/m0/s1. The maximum atomic E-state index is 12.1. The zero-order valence-electron chi connectivity index (χ0n) is 12.1. The fourth-order valence-electron chi connectivity index (χ4n) is 2.04. The molecule has 1 aromatic rings. The summed E-state index contributed by atoms with van der Waals surface area (Å²) in [4.78, 5) is 23.4. The van der Waals surface area contributed by atoms with Crippen LogP contribution in [0.2, 0.25) is 0 Å². The molecule has 1 aromatic carbocycles. The van der Waals surface area contributed by atoms with Gasteiger partial charge in [0, 0.05) is 12.3 Å². The Morgan fingerprint density at radius 2 is 1.68 bits per heavy atom. The smallest absolute Gasteiger partial charge is 0.308 e. The molecule has 0 saturated heterocycles. The SMILES string of the molecule is COC(=O)[C@H](C)C[C@H](C)C(=O)Cc1ccc(C)cc1. The van der Waals surface area contributed by atoms with E-state index in [0.717, 1.165) is 5.56 Å². The number of hydrogen-bond acceptors (Lipinski definition) is 3. The number of Topliss-reactive ketones (excluding diaryl/α,β-unsaturated/α-hetero) is 1. The number of hydrogen-bond donors (Lipinski definition) is 0. The number of rotatable bonds is 6. The summed E-state index contributed by atoms with van der Waals surface area (Å²) < 4.78 is 4.67. The van der Waals surface area contributed by atoms with Gasteiger partial charge in [-0.05, 0) is 18.9 Å². The van der Waals surface area contributed by atoms with Crippen LogP contribution >= 0.6 is 0 Å². The summed E-state index contributed by atoms with van der Waals surface area (Å²) in [6.07, 6.45) is 0.965. The van der Waals surface area contributed by atoms with Gasteiger partial charge < -0.3 is 4.74 Å². The second-order valence-corrected chi connectivity index (χ2v) is 5.19. The van der Waals surface area contributed by atoms with Gasteiger partial charge in [-0.15, -0.1) is 0 Å². The molecule has 0 aliphatic carbocycles. The highest BCUT2D eigenvalue weighted by Gasteiger charge is 2.21. The summed E-state index contributed by atoms with van der Waals surface area (Å²) >= 11 is 0. The lowest BCUT2D eigenvalue weighted by atomic mass is 9.91. The van der Waals surface area contributed by atoms with E-state index in [0.29, 0.717) is 12.8 Å². The van der Waals surface area contributed by atoms with E-state index in [-0.39, 0.29) is 23.6 Å². The summed E-state index contributed by atoms with van der Waals surface area (Å²) in [5.41, 5.74) is 2.21. The molecule has 3 heteroatoms. The van der Waals surface area contributed by atoms with Crippen molar-refractivity contribution in [3.8, 4) is 0 Å². The van der Waals surface area contributed by atoms with Crippen molar-refractivity contribution >= 4 is 11.8 Å². The molecule has 0 fully saturated rings. The Morgan fingerprint density at radius 1 is 1.11 bits per heavy atom. The first-order chi connectivity index (χ1) is 8.93. The number of carbonyl (C=O) groups excluding carboxylic acids is 2. The molecule has 0 bridgehead atoms. The topological polar surface area (TPSA) is 43.4 Å². The van der Waals surface area contributed by atoms with Crippen LogP contribution in [-0.4, -0.2) is 18.9 Å². The number of aryl methyl sites for hydroxylation is 1. The molecule has 0 aliphatic rings. The van der Waals surface area contributed by atoms with Gasteiger partial charge in [0.2, 0.25) is 0 Å². The second kappa shape index (κ2) is 7.07. The minimum Gasteiger partial charge on any atom is -0.469 e. The molecule has 1 rings (SSSR count). The molecule has 0 aliphatic heterocycles. The first-order valence-corrected chi connectivity index (χ1v) is 6.60. The van der Waals surface area contributed by atoms with Gasteiger partial charge in [-0.1, -0.05) is 43.7 Å². The Labute approximate surface area is 115 Å². The van der Waals surface area contributed by atoms with Crippen molar-refractivity contribution in [1.29, 1.82) is 0 Å². The number of ketones is 1. The number of benzene rings is 1. The third kappa shape index (κ3) is 4.86. The van der Waals surface area contributed by atoms with Gasteiger partial charge in [-0.2, -0.15) is 0 Å². The number of esters is 1. The lowest BCUT2D eigenvalue weighted by Gasteiger charge is -2.14. The number of methoxy groups -OCH3 is 1. The molecule has 19 heavy (non-hydrogen) atoms. The van der Waals surface area contributed by atoms with E-state index in [1.54, 1.807) is 6.92 Å². The highest BCUT2D eigenvalue weighted by atomic mass is 16.5. The molecule has 2 atom stereocenters. The van der Waals surface area contributed by atoms with Gasteiger partial charge in [0.25, 0.3) is 0 Å². The highest BCUT2D eigenvalue weighted by molar-refractivity contribution is 5.83. The first-order valence-electron chi connectivity index (χ1n) is 6.60. The molecule has 0 radical (unpaired) electrons. The molecule has 104 valence electrons. The Kier molecular flexibility index (Phi) is 5.74. The molecule has 0 spiro atoms. The largest absolute Gasteiger partial charge is 0.469 e. The van der Waals surface area contributed by atoms with Gasteiger partial charge in [0.1, 0.15) is 5.78 Å². The van der Waals surface area contributed by atoms with Gasteiger partial charge in [-0.25, -0.2) is 0 Å². The van der Waals surface area contributed by atoms with Crippen molar-refractivity contribution < 1.29 is 14.3 Å². The molecule has 0 saturated carbocycles. The fraction of sp³-hybridized carbons (Fsp3) is 0.500. The van der Waals surface area contributed by atoms with Crippen molar-refractivity contribution in [2.24, 2.45) is 11.8 Å². The van der Waals surface area contributed by atoms with Gasteiger partial charge in [0.15, 0.2) is 0 Å². The van der Waals surface area contributed by atoms with Crippen molar-refractivity contribution in [3.63, 3.8) is 0 Å². The van der Waals surface area contributed by atoms with Crippen molar-refractivity contribution in [2.45, 2.75) is 33.6 Å². The average Bonchev–Trinajstić information content (AvgIpc) is 2.40. The highest BCUT2D eigenvalue weighted by Crippen LogP contribution is 2.16. The maximum absolute atomic E-state index is 12.1. The van der Waals surface area contributed by atoms with Crippen molar-refractivity contribution in [2.75, 3.05) is 7.11 Å². The van der Waals surface area contributed by atoms with Crippen LogP contribution in [0.3, 0.4) is 0 Å². The van der Waals surface area contributed by atoms with Crippen LogP contribution in [0, 0.1) is 18.8 Å². The predicted molar refractivity (Wildman–Crippen MR) is 74.9 cm³/mol. The van der Waals surface area contributed by atoms with Gasteiger partial charge in [-0.3, -0.25) is 9.59 Å². The van der Waals surface area contributed by atoms with E-state index in [9.17, 15) is 9.59 Å². The van der Waals surface area contributed by atoms with Crippen LogP contribution in [0.15, 0.2) is 24.3 Å². The predicted octanol–water partition coefficient (Wildman–Crippen LogP) is 2.94. The van der Waals surface area contributed by atoms with E-state index < -0.39 is 0 Å². The van der Waals surface area contributed by atoms with Crippen LogP contribution < -0.4 is 0 Å². The Bertz CT molecular complexity index is 434. The van der Waals surface area contributed by atoms with E-state index in [2.05, 4.69) is 4.74 Å². The van der Waals surface area contributed by atoms with Gasteiger partial charge in [0.05, 0.1) is 13.0 Å². The normalized spacial score (nSPS) is 13.7. The minimum absolute atomic E-state index is 0.129. The quantitative estimate of drug-likeness (QED) is 0.740. The summed E-state index contributed by atoms with van der Waals surface area (Å²) in [7, 11) is 1.37. The molecule has 0 aromatic heterocycles. The Hall–Kier alpha value is -1.64. The summed E-state index contributed by atoms with van der Waals surface area (Å²) in [6.45, 7) is 5.68. The van der Waals surface area contributed by atoms with E-state index >= 15 is 0 Å². The van der Waals surface area contributed by atoms with Crippen molar-refractivity contribution in [3.05, 3.63) is 35.4 Å². The molecule has 0 amide bonds. The van der Waals surface area contributed by atoms with Crippen LogP contribution in [-0.2, 0) is 20.7 Å². The number of carbonyl (C=O) groups is 2. The average molecular weight is 262 g/mol. The molecule has 0 unspecified atom stereocenters. The van der Waals surface area contributed by atoms with Gasteiger partial charge >= 0.3 is 5.97 Å². The van der Waals surface area contributed by atoms with Crippen molar-refractivity contribution in [1.82, 2.24) is 0 Å².